The molecule has 1 amide bonds. The highest BCUT2D eigenvalue weighted by molar-refractivity contribution is 6.30. The zero-order valence-electron chi connectivity index (χ0n) is 14.7. The Bertz CT molecular complexity index is 912. The summed E-state index contributed by atoms with van der Waals surface area (Å²) in [7, 11) is 0. The maximum absolute atomic E-state index is 12.9. The van der Waals surface area contributed by atoms with E-state index in [0.29, 0.717) is 17.1 Å². The van der Waals surface area contributed by atoms with Crippen molar-refractivity contribution in [3.05, 3.63) is 83.1 Å². The highest BCUT2D eigenvalue weighted by Crippen LogP contribution is 2.24. The molecule has 0 atom stereocenters. The quantitative estimate of drug-likeness (QED) is 0.653. The maximum Gasteiger partial charge on any atom is 0.259 e. The molecule has 4 nitrogen and oxygen atoms in total. The van der Waals surface area contributed by atoms with Crippen LogP contribution in [0.5, 0.6) is 0 Å². The Morgan fingerprint density at radius 1 is 1.12 bits per heavy atom. The van der Waals surface area contributed by atoms with Crippen molar-refractivity contribution in [2.45, 2.75) is 13.8 Å². The molecular formula is C21H20ClN3O. The number of para-hydroxylation sites is 1. The first-order chi connectivity index (χ1) is 12.6. The van der Waals surface area contributed by atoms with Crippen molar-refractivity contribution >= 4 is 34.6 Å². The van der Waals surface area contributed by atoms with Crippen molar-refractivity contribution in [1.29, 1.82) is 0 Å². The number of aryl methyl sites for hydroxylation is 1. The van der Waals surface area contributed by atoms with Crippen LogP contribution < -0.4 is 10.2 Å². The van der Waals surface area contributed by atoms with E-state index < -0.39 is 0 Å². The van der Waals surface area contributed by atoms with Gasteiger partial charge in [-0.15, -0.1) is 0 Å². The van der Waals surface area contributed by atoms with Crippen molar-refractivity contribution in [3.8, 4) is 0 Å². The van der Waals surface area contributed by atoms with Crippen molar-refractivity contribution in [1.82, 2.24) is 4.98 Å². The van der Waals surface area contributed by atoms with Gasteiger partial charge in [0, 0.05) is 29.1 Å². The Hall–Kier alpha value is -2.85. The second-order valence-electron chi connectivity index (χ2n) is 5.93. The smallest absolute Gasteiger partial charge is 0.259 e. The minimum absolute atomic E-state index is 0.0809. The van der Waals surface area contributed by atoms with Crippen molar-refractivity contribution < 1.29 is 4.79 Å². The molecule has 1 N–H and O–H groups in total. The van der Waals surface area contributed by atoms with Crippen LogP contribution >= 0.6 is 11.6 Å². The number of carbonyl (C=O) groups excluding carboxylic acids is 1. The van der Waals surface area contributed by atoms with Crippen LogP contribution in [0.15, 0.2) is 67.0 Å². The topological polar surface area (TPSA) is 45.2 Å². The highest BCUT2D eigenvalue weighted by Gasteiger charge is 2.16. The van der Waals surface area contributed by atoms with Crippen LogP contribution in [0.4, 0.5) is 17.1 Å². The van der Waals surface area contributed by atoms with E-state index in [9.17, 15) is 4.79 Å². The maximum atomic E-state index is 12.9. The minimum atomic E-state index is -0.0809. The molecular weight excluding hydrogens is 346 g/mol. The minimum Gasteiger partial charge on any atom is -0.354 e. The fourth-order valence-corrected chi connectivity index (χ4v) is 2.98. The van der Waals surface area contributed by atoms with Crippen molar-refractivity contribution in [3.63, 3.8) is 0 Å². The van der Waals surface area contributed by atoms with Gasteiger partial charge in [0.05, 0.1) is 17.4 Å². The summed E-state index contributed by atoms with van der Waals surface area (Å²) in [6, 6.07) is 17.1. The Kier molecular flexibility index (Phi) is 5.54. The Balaban J connectivity index is 1.85. The molecule has 0 aliphatic heterocycles. The molecule has 0 fully saturated rings. The third-order valence-corrected chi connectivity index (χ3v) is 4.32. The molecule has 3 aromatic rings. The van der Waals surface area contributed by atoms with Crippen LogP contribution in [0.1, 0.15) is 22.8 Å². The van der Waals surface area contributed by atoms with E-state index in [0.717, 1.165) is 22.6 Å². The van der Waals surface area contributed by atoms with E-state index in [2.05, 4.69) is 10.3 Å². The van der Waals surface area contributed by atoms with Crippen LogP contribution in [0.25, 0.3) is 0 Å². The number of pyridine rings is 1. The molecule has 0 aliphatic carbocycles. The molecule has 0 saturated carbocycles. The lowest BCUT2D eigenvalue weighted by Crippen LogP contribution is -2.30. The summed E-state index contributed by atoms with van der Waals surface area (Å²) in [6.07, 6.45) is 3.29. The molecule has 0 radical (unpaired) electrons. The van der Waals surface area contributed by atoms with E-state index in [1.807, 2.05) is 68.4 Å². The molecule has 1 heterocycles. The third-order valence-electron chi connectivity index (χ3n) is 4.08. The van der Waals surface area contributed by atoms with Gasteiger partial charge in [-0.3, -0.25) is 9.78 Å². The van der Waals surface area contributed by atoms with Crippen LogP contribution in [0.3, 0.4) is 0 Å². The highest BCUT2D eigenvalue weighted by atomic mass is 35.5. The summed E-state index contributed by atoms with van der Waals surface area (Å²) >= 11 is 6.01. The number of carbonyl (C=O) groups is 1. The molecule has 0 spiro atoms. The molecule has 1 aromatic heterocycles. The number of anilines is 3. The number of nitrogens with one attached hydrogen (secondary N) is 1. The van der Waals surface area contributed by atoms with Gasteiger partial charge in [-0.05, 0) is 55.8 Å². The van der Waals surface area contributed by atoms with Gasteiger partial charge in [-0.2, -0.15) is 0 Å². The predicted molar refractivity (Wildman–Crippen MR) is 108 cm³/mol. The van der Waals surface area contributed by atoms with Crippen LogP contribution in [0, 0.1) is 6.92 Å². The van der Waals surface area contributed by atoms with E-state index in [4.69, 9.17) is 11.6 Å². The SMILES string of the molecule is CCN(C(=O)c1cncc(Nc2ccc(Cl)cc2C)c1)c1ccccc1. The molecule has 0 unspecified atom stereocenters. The first kappa shape index (κ1) is 18.0. The van der Waals surface area contributed by atoms with Crippen LogP contribution in [-0.2, 0) is 0 Å². The zero-order valence-corrected chi connectivity index (χ0v) is 15.5. The van der Waals surface area contributed by atoms with Gasteiger partial charge in [-0.1, -0.05) is 29.8 Å². The normalized spacial score (nSPS) is 10.4. The number of hydrogen-bond acceptors (Lipinski definition) is 3. The van der Waals surface area contributed by atoms with Gasteiger partial charge in [0.15, 0.2) is 0 Å². The predicted octanol–water partition coefficient (Wildman–Crippen LogP) is 5.45. The first-order valence-corrected chi connectivity index (χ1v) is 8.81. The van der Waals surface area contributed by atoms with E-state index >= 15 is 0 Å². The molecule has 0 saturated heterocycles. The standard InChI is InChI=1S/C21H20ClN3O/c1-3-25(19-7-5-4-6-8-19)21(26)16-12-18(14-23-13-16)24-20-10-9-17(22)11-15(20)2/h4-14,24H,3H2,1-2H3. The van der Waals surface area contributed by atoms with Gasteiger partial charge in [0.25, 0.3) is 5.91 Å². The average molecular weight is 366 g/mol. The van der Waals surface area contributed by atoms with Gasteiger partial charge >= 0.3 is 0 Å². The zero-order chi connectivity index (χ0) is 18.5. The van der Waals surface area contributed by atoms with Crippen LogP contribution in [-0.4, -0.2) is 17.4 Å². The molecule has 26 heavy (non-hydrogen) atoms. The largest absolute Gasteiger partial charge is 0.354 e. The van der Waals surface area contributed by atoms with Gasteiger partial charge in [-0.25, -0.2) is 0 Å². The van der Waals surface area contributed by atoms with Gasteiger partial charge in [0.1, 0.15) is 0 Å². The number of hydrogen-bond donors (Lipinski definition) is 1. The number of amides is 1. The summed E-state index contributed by atoms with van der Waals surface area (Å²) in [5, 5.41) is 3.99. The summed E-state index contributed by atoms with van der Waals surface area (Å²) in [5.41, 5.74) is 4.11. The Morgan fingerprint density at radius 3 is 2.58 bits per heavy atom. The van der Waals surface area contributed by atoms with E-state index in [-0.39, 0.29) is 5.91 Å². The first-order valence-electron chi connectivity index (χ1n) is 8.43. The van der Waals surface area contributed by atoms with Gasteiger partial charge < -0.3 is 10.2 Å². The van der Waals surface area contributed by atoms with E-state index in [1.54, 1.807) is 17.3 Å². The number of nitrogens with zero attached hydrogens (tertiary/aromatic N) is 2. The van der Waals surface area contributed by atoms with Crippen LogP contribution in [0.2, 0.25) is 5.02 Å². The number of halogens is 1. The lowest BCUT2D eigenvalue weighted by atomic mass is 10.1. The molecule has 2 aromatic carbocycles. The summed E-state index contributed by atoms with van der Waals surface area (Å²) in [6.45, 7) is 4.51. The third kappa shape index (κ3) is 4.03. The number of benzene rings is 2. The summed E-state index contributed by atoms with van der Waals surface area (Å²) < 4.78 is 0. The molecule has 0 bridgehead atoms. The monoisotopic (exact) mass is 365 g/mol. The fourth-order valence-electron chi connectivity index (χ4n) is 2.76. The van der Waals surface area contributed by atoms with Crippen molar-refractivity contribution in [2.24, 2.45) is 0 Å². The average Bonchev–Trinajstić information content (AvgIpc) is 2.66. The second-order valence-corrected chi connectivity index (χ2v) is 6.37. The molecule has 132 valence electrons. The molecule has 0 aliphatic rings. The molecule has 3 rings (SSSR count). The van der Waals surface area contributed by atoms with E-state index in [1.165, 1.54) is 0 Å². The lowest BCUT2D eigenvalue weighted by Gasteiger charge is -2.21. The van der Waals surface area contributed by atoms with Crippen molar-refractivity contribution in [2.75, 3.05) is 16.8 Å². The summed E-state index contributed by atoms with van der Waals surface area (Å²) in [4.78, 5) is 18.9. The summed E-state index contributed by atoms with van der Waals surface area (Å²) in [5.74, 6) is -0.0809. The Morgan fingerprint density at radius 2 is 1.88 bits per heavy atom. The second kappa shape index (κ2) is 8.02. The molecule has 5 heteroatoms. The Labute approximate surface area is 158 Å². The number of rotatable bonds is 5. The van der Waals surface area contributed by atoms with Gasteiger partial charge in [0.2, 0.25) is 0 Å². The number of aromatic nitrogens is 1. The fraction of sp³-hybridized carbons (Fsp3) is 0.143. The lowest BCUT2D eigenvalue weighted by molar-refractivity contribution is 0.0988.